The fourth-order valence-electron chi connectivity index (χ4n) is 2.00. The van der Waals surface area contributed by atoms with Crippen molar-refractivity contribution in [2.24, 2.45) is 17.6 Å². The third-order valence-electron chi connectivity index (χ3n) is 3.19. The van der Waals surface area contributed by atoms with Crippen LogP contribution in [0, 0.1) is 11.8 Å². The number of rotatable bonds is 6. The summed E-state index contributed by atoms with van der Waals surface area (Å²) >= 11 is 0.364. The molecule has 0 saturated heterocycles. The van der Waals surface area contributed by atoms with Crippen molar-refractivity contribution in [2.75, 3.05) is 6.54 Å². The summed E-state index contributed by atoms with van der Waals surface area (Å²) in [6, 6.07) is 0. The van der Waals surface area contributed by atoms with Crippen LogP contribution in [-0.4, -0.2) is 14.0 Å². The molecule has 0 aromatic rings. The number of hydrogen-bond acceptors (Lipinski definition) is 1. The van der Waals surface area contributed by atoms with E-state index < -0.39 is 0 Å². The molecule has 0 aromatic heterocycles. The molecule has 2 unspecified atom stereocenters. The summed E-state index contributed by atoms with van der Waals surface area (Å²) in [7, 11) is 0. The Hall–Kier alpha value is 0.560. The van der Waals surface area contributed by atoms with E-state index in [-0.39, 0.29) is 0 Å². The minimum Gasteiger partial charge on any atom is -0.330 e. The molecule has 1 aliphatic rings. The molecule has 1 rings (SSSR count). The van der Waals surface area contributed by atoms with Crippen molar-refractivity contribution in [3.8, 4) is 0 Å². The summed E-state index contributed by atoms with van der Waals surface area (Å²) in [5.74, 6) is 2.11. The molecular weight excluding hydrogens is 285 g/mol. The standard InChI is InChI=1S/C12H24IN/c1-4-9(2)13-10(3)12-8-11(12)6-5-7-14/h10-12H,4-8,14H2,1-3H3/t10?,11?,12-/m0/s1. The fraction of sp³-hybridized carbons (Fsp3) is 0.917. The molecular formula is C12H24IN. The molecule has 0 aliphatic heterocycles. The second-order valence-corrected chi connectivity index (χ2v) is 8.84. The lowest BCUT2D eigenvalue weighted by atomic mass is 10.1. The van der Waals surface area contributed by atoms with Crippen LogP contribution in [0.25, 0.3) is 0 Å². The van der Waals surface area contributed by atoms with E-state index in [4.69, 9.17) is 5.73 Å². The Balaban J connectivity index is 2.25. The van der Waals surface area contributed by atoms with Gasteiger partial charge < -0.3 is 5.73 Å². The van der Waals surface area contributed by atoms with E-state index in [9.17, 15) is 0 Å². The third kappa shape index (κ3) is 3.97. The lowest BCUT2D eigenvalue weighted by molar-refractivity contribution is 0.618. The van der Waals surface area contributed by atoms with Crippen LogP contribution in [0.15, 0.2) is 0 Å². The second kappa shape index (κ2) is 6.21. The van der Waals surface area contributed by atoms with Gasteiger partial charge in [-0.25, -0.2) is 0 Å². The van der Waals surface area contributed by atoms with Crippen molar-refractivity contribution < 1.29 is 0 Å². The van der Waals surface area contributed by atoms with Gasteiger partial charge in [-0.3, -0.25) is 0 Å². The van der Waals surface area contributed by atoms with Gasteiger partial charge in [0, 0.05) is 3.92 Å². The molecule has 0 bridgehead atoms. The molecule has 3 atom stereocenters. The van der Waals surface area contributed by atoms with Gasteiger partial charge in [0.15, 0.2) is 0 Å². The van der Waals surface area contributed by atoms with Crippen LogP contribution < -0.4 is 5.73 Å². The minimum atomic E-state index is 0.364. The summed E-state index contributed by atoms with van der Waals surface area (Å²) < 4.78 is 2.80. The SMILES string of the molecule is CCC(C)=IC(C)[C@@H]1CC1CCCN. The Morgan fingerprint density at radius 3 is 2.86 bits per heavy atom. The Labute approximate surface area is 98.6 Å². The van der Waals surface area contributed by atoms with E-state index in [1.165, 1.54) is 25.7 Å². The maximum Gasteiger partial charge on any atom is 0.00642 e. The van der Waals surface area contributed by atoms with Crippen LogP contribution in [0.2, 0.25) is 0 Å². The summed E-state index contributed by atoms with van der Waals surface area (Å²) in [4.78, 5) is 0. The van der Waals surface area contributed by atoms with E-state index in [1.54, 1.807) is 3.51 Å². The van der Waals surface area contributed by atoms with Crippen molar-refractivity contribution in [1.82, 2.24) is 0 Å². The van der Waals surface area contributed by atoms with Crippen molar-refractivity contribution in [1.29, 1.82) is 0 Å². The topological polar surface area (TPSA) is 26.0 Å². The molecule has 0 spiro atoms. The first-order valence-electron chi connectivity index (χ1n) is 5.84. The molecule has 1 nitrogen and oxygen atoms in total. The van der Waals surface area contributed by atoms with Crippen LogP contribution >= 0.6 is 20.7 Å². The highest BCUT2D eigenvalue weighted by atomic mass is 127. The van der Waals surface area contributed by atoms with Crippen molar-refractivity contribution >= 4 is 24.2 Å². The van der Waals surface area contributed by atoms with Gasteiger partial charge >= 0.3 is 0 Å². The van der Waals surface area contributed by atoms with Gasteiger partial charge in [0.25, 0.3) is 0 Å². The first-order valence-corrected chi connectivity index (χ1v) is 8.17. The zero-order valence-corrected chi connectivity index (χ0v) is 11.9. The quantitative estimate of drug-likeness (QED) is 0.591. The van der Waals surface area contributed by atoms with Crippen LogP contribution in [0.1, 0.15) is 46.5 Å². The molecule has 2 N–H and O–H groups in total. The lowest BCUT2D eigenvalue weighted by Crippen LogP contribution is -2.02. The lowest BCUT2D eigenvalue weighted by Gasteiger charge is -2.06. The normalized spacial score (nSPS) is 29.6. The Bertz CT molecular complexity index is 200. The highest BCUT2D eigenvalue weighted by molar-refractivity contribution is 14.2. The largest absolute Gasteiger partial charge is 0.330 e. The zero-order valence-electron chi connectivity index (χ0n) is 9.72. The van der Waals surface area contributed by atoms with Crippen LogP contribution in [0.3, 0.4) is 0 Å². The number of alkyl halides is 1. The van der Waals surface area contributed by atoms with Gasteiger partial charge in [0.1, 0.15) is 0 Å². The zero-order chi connectivity index (χ0) is 10.6. The summed E-state index contributed by atoms with van der Waals surface area (Å²) in [5.41, 5.74) is 5.53. The average molecular weight is 309 g/mol. The van der Waals surface area contributed by atoms with Gasteiger partial charge in [-0.05, 0) is 54.5 Å². The molecule has 1 aliphatic carbocycles. The van der Waals surface area contributed by atoms with Crippen LogP contribution in [-0.2, 0) is 0 Å². The maximum absolute atomic E-state index is 5.53. The van der Waals surface area contributed by atoms with E-state index in [2.05, 4.69) is 20.8 Å². The highest BCUT2D eigenvalue weighted by Crippen LogP contribution is 2.48. The Kier molecular flexibility index (Phi) is 5.60. The monoisotopic (exact) mass is 309 g/mol. The van der Waals surface area contributed by atoms with Gasteiger partial charge in [0.2, 0.25) is 0 Å². The van der Waals surface area contributed by atoms with Crippen molar-refractivity contribution in [3.63, 3.8) is 0 Å². The van der Waals surface area contributed by atoms with Gasteiger partial charge in [-0.1, -0.05) is 13.8 Å². The van der Waals surface area contributed by atoms with Gasteiger partial charge in [0.05, 0.1) is 0 Å². The van der Waals surface area contributed by atoms with E-state index in [0.29, 0.717) is 20.7 Å². The maximum atomic E-state index is 5.53. The first kappa shape index (κ1) is 12.6. The summed E-state index contributed by atoms with van der Waals surface area (Å²) in [5, 5.41) is 0. The van der Waals surface area contributed by atoms with Crippen molar-refractivity contribution in [3.05, 3.63) is 0 Å². The van der Waals surface area contributed by atoms with E-state index >= 15 is 0 Å². The molecule has 0 radical (unpaired) electrons. The number of hydrogen-bond donors (Lipinski definition) is 1. The van der Waals surface area contributed by atoms with Gasteiger partial charge in [-0.2, -0.15) is 0 Å². The second-order valence-electron chi connectivity index (χ2n) is 4.41. The molecule has 84 valence electrons. The number of halogens is 1. The molecule has 1 saturated carbocycles. The molecule has 0 heterocycles. The predicted octanol–water partition coefficient (Wildman–Crippen LogP) is 3.32. The molecule has 14 heavy (non-hydrogen) atoms. The molecule has 0 aromatic carbocycles. The summed E-state index contributed by atoms with van der Waals surface area (Å²) in [6.07, 6.45) is 5.43. The number of nitrogens with two attached hydrogens (primary N) is 1. The van der Waals surface area contributed by atoms with Crippen LogP contribution in [0.4, 0.5) is 0 Å². The predicted molar refractivity (Wildman–Crippen MR) is 74.3 cm³/mol. The Morgan fingerprint density at radius 2 is 2.29 bits per heavy atom. The van der Waals surface area contributed by atoms with E-state index in [1.807, 2.05) is 0 Å². The first-order chi connectivity index (χ1) is 6.69. The Morgan fingerprint density at radius 1 is 1.57 bits per heavy atom. The van der Waals surface area contributed by atoms with Gasteiger partial charge in [-0.15, -0.1) is 20.7 Å². The average Bonchev–Trinajstić information content (AvgIpc) is 2.93. The third-order valence-corrected chi connectivity index (χ3v) is 6.92. The molecule has 1 fully saturated rings. The molecule has 2 heteroatoms. The summed E-state index contributed by atoms with van der Waals surface area (Å²) in [6.45, 7) is 7.99. The minimum absolute atomic E-state index is 0.364. The van der Waals surface area contributed by atoms with Crippen LogP contribution in [0.5, 0.6) is 0 Å². The fourth-order valence-corrected chi connectivity index (χ4v) is 5.46. The van der Waals surface area contributed by atoms with Crippen molar-refractivity contribution in [2.45, 2.75) is 50.4 Å². The molecule has 0 amide bonds. The van der Waals surface area contributed by atoms with E-state index in [0.717, 1.165) is 22.3 Å². The highest BCUT2D eigenvalue weighted by Gasteiger charge is 2.39. The smallest absolute Gasteiger partial charge is 0.00642 e.